The predicted molar refractivity (Wildman–Crippen MR) is 65.0 cm³/mol. The van der Waals surface area contributed by atoms with Gasteiger partial charge in [0.05, 0.1) is 6.10 Å². The van der Waals surface area contributed by atoms with Gasteiger partial charge in [-0.2, -0.15) is 0 Å². The number of hydrogen-bond acceptors (Lipinski definition) is 4. The van der Waals surface area contributed by atoms with Crippen LogP contribution in [-0.4, -0.2) is 55.8 Å². The first-order valence-corrected chi connectivity index (χ1v) is 6.52. The lowest BCUT2D eigenvalue weighted by Crippen LogP contribution is -2.44. The summed E-state index contributed by atoms with van der Waals surface area (Å²) >= 11 is 0. The van der Waals surface area contributed by atoms with E-state index in [0.717, 1.165) is 19.0 Å². The van der Waals surface area contributed by atoms with Crippen molar-refractivity contribution < 1.29 is 4.74 Å². The van der Waals surface area contributed by atoms with Crippen LogP contribution in [0.4, 0.5) is 0 Å². The van der Waals surface area contributed by atoms with Crippen LogP contribution in [-0.2, 0) is 4.74 Å². The number of hydrazine groups is 1. The molecule has 2 rings (SSSR count). The van der Waals surface area contributed by atoms with E-state index in [9.17, 15) is 0 Å². The molecule has 0 bridgehead atoms. The van der Waals surface area contributed by atoms with Gasteiger partial charge in [0.25, 0.3) is 0 Å². The van der Waals surface area contributed by atoms with Gasteiger partial charge in [0.15, 0.2) is 0 Å². The van der Waals surface area contributed by atoms with Crippen molar-refractivity contribution in [1.29, 1.82) is 0 Å². The van der Waals surface area contributed by atoms with Crippen LogP contribution in [0.2, 0.25) is 0 Å². The van der Waals surface area contributed by atoms with Crippen LogP contribution in [0.1, 0.15) is 25.7 Å². The van der Waals surface area contributed by atoms with Crippen molar-refractivity contribution >= 4 is 0 Å². The normalized spacial score (nSPS) is 27.4. The highest BCUT2D eigenvalue weighted by molar-refractivity contribution is 4.77. The SMILES string of the molecule is COC1CCN(CC2CCN(N)CC2)CC1. The topological polar surface area (TPSA) is 41.7 Å². The van der Waals surface area contributed by atoms with Crippen LogP contribution in [0.25, 0.3) is 0 Å². The van der Waals surface area contributed by atoms with Crippen LogP contribution in [0.5, 0.6) is 0 Å². The van der Waals surface area contributed by atoms with Gasteiger partial charge in [-0.05, 0) is 31.6 Å². The highest BCUT2D eigenvalue weighted by Gasteiger charge is 2.23. The monoisotopic (exact) mass is 227 g/mol. The lowest BCUT2D eigenvalue weighted by atomic mass is 9.96. The van der Waals surface area contributed by atoms with Crippen molar-refractivity contribution in [3.63, 3.8) is 0 Å². The fourth-order valence-electron chi connectivity index (χ4n) is 2.83. The summed E-state index contributed by atoms with van der Waals surface area (Å²) in [6, 6.07) is 0. The largest absolute Gasteiger partial charge is 0.381 e. The molecule has 0 aliphatic carbocycles. The van der Waals surface area contributed by atoms with Crippen molar-refractivity contribution in [3.8, 4) is 0 Å². The second-order valence-corrected chi connectivity index (χ2v) is 5.22. The van der Waals surface area contributed by atoms with Crippen molar-refractivity contribution in [1.82, 2.24) is 9.91 Å². The molecule has 2 N–H and O–H groups in total. The summed E-state index contributed by atoms with van der Waals surface area (Å²) in [5, 5.41) is 1.95. The molecule has 0 radical (unpaired) electrons. The van der Waals surface area contributed by atoms with Crippen LogP contribution in [0.3, 0.4) is 0 Å². The lowest BCUT2D eigenvalue weighted by molar-refractivity contribution is 0.0322. The summed E-state index contributed by atoms with van der Waals surface area (Å²) in [5.74, 6) is 6.63. The zero-order valence-corrected chi connectivity index (χ0v) is 10.4. The molecule has 16 heavy (non-hydrogen) atoms. The molecule has 0 spiro atoms. The van der Waals surface area contributed by atoms with E-state index in [1.165, 1.54) is 45.3 Å². The Morgan fingerprint density at radius 3 is 2.25 bits per heavy atom. The molecule has 0 aromatic rings. The van der Waals surface area contributed by atoms with Gasteiger partial charge in [0.2, 0.25) is 0 Å². The third-order valence-corrected chi connectivity index (χ3v) is 4.03. The summed E-state index contributed by atoms with van der Waals surface area (Å²) in [4.78, 5) is 2.60. The molecule has 4 heteroatoms. The zero-order valence-electron chi connectivity index (χ0n) is 10.4. The number of nitrogens with zero attached hydrogens (tertiary/aromatic N) is 2. The maximum atomic E-state index is 5.77. The molecular formula is C12H25N3O. The molecule has 0 unspecified atom stereocenters. The fraction of sp³-hybridized carbons (Fsp3) is 1.00. The maximum absolute atomic E-state index is 5.77. The van der Waals surface area contributed by atoms with E-state index in [1.807, 2.05) is 12.1 Å². The first kappa shape index (κ1) is 12.3. The van der Waals surface area contributed by atoms with Gasteiger partial charge in [0.1, 0.15) is 0 Å². The average Bonchev–Trinajstić information content (AvgIpc) is 2.33. The Hall–Kier alpha value is -0.160. The summed E-state index contributed by atoms with van der Waals surface area (Å²) in [6.45, 7) is 5.82. The smallest absolute Gasteiger partial charge is 0.0595 e. The van der Waals surface area contributed by atoms with E-state index in [4.69, 9.17) is 10.6 Å². The number of methoxy groups -OCH3 is 1. The minimum atomic E-state index is 0.502. The number of rotatable bonds is 3. The van der Waals surface area contributed by atoms with E-state index >= 15 is 0 Å². The summed E-state index contributed by atoms with van der Waals surface area (Å²) in [5.41, 5.74) is 0. The van der Waals surface area contributed by atoms with Gasteiger partial charge in [-0.25, -0.2) is 5.01 Å². The Balaban J connectivity index is 1.66. The Bertz CT molecular complexity index is 196. The van der Waals surface area contributed by atoms with Crippen molar-refractivity contribution in [2.75, 3.05) is 39.8 Å². The number of nitrogens with two attached hydrogens (primary N) is 1. The molecule has 2 aliphatic rings. The number of likely N-dealkylation sites (tertiary alicyclic amines) is 1. The number of hydrogen-bond donors (Lipinski definition) is 1. The molecule has 2 saturated heterocycles. The van der Waals surface area contributed by atoms with E-state index in [0.29, 0.717) is 6.10 Å². The van der Waals surface area contributed by atoms with Gasteiger partial charge in [0, 0.05) is 39.8 Å². The quantitative estimate of drug-likeness (QED) is 0.720. The van der Waals surface area contributed by atoms with Crippen molar-refractivity contribution in [3.05, 3.63) is 0 Å². The molecule has 2 aliphatic heterocycles. The maximum Gasteiger partial charge on any atom is 0.0595 e. The number of piperidine rings is 2. The third-order valence-electron chi connectivity index (χ3n) is 4.03. The van der Waals surface area contributed by atoms with E-state index in [1.54, 1.807) is 0 Å². The van der Waals surface area contributed by atoms with Gasteiger partial charge < -0.3 is 9.64 Å². The van der Waals surface area contributed by atoms with Gasteiger partial charge in [-0.15, -0.1) is 0 Å². The summed E-state index contributed by atoms with van der Waals surface area (Å²) < 4.78 is 5.39. The van der Waals surface area contributed by atoms with Crippen LogP contribution in [0.15, 0.2) is 0 Å². The van der Waals surface area contributed by atoms with Crippen molar-refractivity contribution in [2.24, 2.45) is 11.8 Å². The first-order chi connectivity index (χ1) is 7.78. The van der Waals surface area contributed by atoms with E-state index in [-0.39, 0.29) is 0 Å². The predicted octanol–water partition coefficient (Wildman–Crippen LogP) is 0.683. The van der Waals surface area contributed by atoms with Crippen LogP contribution >= 0.6 is 0 Å². The molecule has 0 aromatic carbocycles. The first-order valence-electron chi connectivity index (χ1n) is 6.52. The zero-order chi connectivity index (χ0) is 11.4. The third kappa shape index (κ3) is 3.42. The summed E-state index contributed by atoms with van der Waals surface area (Å²) in [6.07, 6.45) is 5.43. The molecule has 0 aromatic heterocycles. The minimum Gasteiger partial charge on any atom is -0.381 e. The van der Waals surface area contributed by atoms with Crippen LogP contribution in [0, 0.1) is 5.92 Å². The minimum absolute atomic E-state index is 0.502. The highest BCUT2D eigenvalue weighted by atomic mass is 16.5. The van der Waals surface area contributed by atoms with Crippen molar-refractivity contribution in [2.45, 2.75) is 31.8 Å². The average molecular weight is 227 g/mol. The Morgan fingerprint density at radius 2 is 1.69 bits per heavy atom. The van der Waals surface area contributed by atoms with Gasteiger partial charge >= 0.3 is 0 Å². The molecule has 2 fully saturated rings. The second kappa shape index (κ2) is 5.96. The molecule has 4 nitrogen and oxygen atoms in total. The standard InChI is InChI=1S/C12H25N3O/c1-16-12-4-6-14(7-5-12)10-11-2-8-15(13)9-3-11/h11-12H,2-10,13H2,1H3. The van der Waals surface area contributed by atoms with E-state index < -0.39 is 0 Å². The molecular weight excluding hydrogens is 202 g/mol. The van der Waals surface area contributed by atoms with Crippen LogP contribution < -0.4 is 5.84 Å². The lowest BCUT2D eigenvalue weighted by Gasteiger charge is -2.36. The molecule has 0 saturated carbocycles. The van der Waals surface area contributed by atoms with Gasteiger partial charge in [-0.3, -0.25) is 5.84 Å². The Morgan fingerprint density at radius 1 is 1.06 bits per heavy atom. The molecule has 94 valence electrons. The second-order valence-electron chi connectivity index (χ2n) is 5.22. The Kier molecular flexibility index (Phi) is 4.58. The number of ether oxygens (including phenoxy) is 1. The van der Waals surface area contributed by atoms with Gasteiger partial charge in [-0.1, -0.05) is 0 Å². The highest BCUT2D eigenvalue weighted by Crippen LogP contribution is 2.19. The Labute approximate surface area is 98.7 Å². The van der Waals surface area contributed by atoms with E-state index in [2.05, 4.69) is 4.90 Å². The molecule has 0 atom stereocenters. The molecule has 2 heterocycles. The fourth-order valence-corrected chi connectivity index (χ4v) is 2.83. The summed E-state index contributed by atoms with van der Waals surface area (Å²) in [7, 11) is 1.83. The molecule has 0 amide bonds.